The molecule has 0 aliphatic rings. The molecule has 1 aromatic heterocycles. The van der Waals surface area contributed by atoms with Crippen molar-refractivity contribution < 1.29 is 14.7 Å². The minimum absolute atomic E-state index is 0.325. The number of nitrogens with one attached hydrogen (secondary N) is 1. The van der Waals surface area contributed by atoms with Gasteiger partial charge < -0.3 is 10.4 Å². The smallest absolute Gasteiger partial charge is 0.326 e. The molecule has 2 rings (SSSR count). The Balaban J connectivity index is 1.96. The molecule has 1 heterocycles. The zero-order chi connectivity index (χ0) is 15.2. The highest BCUT2D eigenvalue weighted by Crippen LogP contribution is 2.15. The van der Waals surface area contributed by atoms with Crippen molar-refractivity contribution in [3.63, 3.8) is 0 Å². The lowest BCUT2D eigenvalue weighted by Crippen LogP contribution is -2.40. The fraction of sp³-hybridized carbons (Fsp3) is 0.250. The van der Waals surface area contributed by atoms with Gasteiger partial charge in [0.05, 0.1) is 4.88 Å². The van der Waals surface area contributed by atoms with Gasteiger partial charge in [0, 0.05) is 4.88 Å². The van der Waals surface area contributed by atoms with Crippen LogP contribution in [0, 0.1) is 6.92 Å². The van der Waals surface area contributed by atoms with E-state index in [1.54, 1.807) is 6.07 Å². The third-order valence-corrected chi connectivity index (χ3v) is 4.13. The van der Waals surface area contributed by atoms with E-state index in [0.29, 0.717) is 17.7 Å². The van der Waals surface area contributed by atoms with Crippen molar-refractivity contribution in [2.24, 2.45) is 0 Å². The summed E-state index contributed by atoms with van der Waals surface area (Å²) in [5, 5.41) is 11.8. The molecule has 2 aromatic rings. The number of carboxylic acids is 1. The molecule has 1 aromatic carbocycles. The number of aliphatic carboxylic acids is 1. The van der Waals surface area contributed by atoms with Crippen molar-refractivity contribution in [3.05, 3.63) is 57.8 Å². The molecule has 0 bridgehead atoms. The van der Waals surface area contributed by atoms with Gasteiger partial charge in [-0.3, -0.25) is 4.79 Å². The summed E-state index contributed by atoms with van der Waals surface area (Å²) >= 11 is 1.36. The Kier molecular flexibility index (Phi) is 5.11. The lowest BCUT2D eigenvalue weighted by molar-refractivity contribution is -0.139. The number of carbonyl (C=O) groups excluding carboxylic acids is 1. The molecule has 0 aliphatic carbocycles. The van der Waals surface area contributed by atoms with Gasteiger partial charge in [-0.2, -0.15) is 0 Å². The maximum atomic E-state index is 12.0. The zero-order valence-electron chi connectivity index (χ0n) is 11.7. The molecule has 1 atom stereocenters. The lowest BCUT2D eigenvalue weighted by Gasteiger charge is -2.13. The molecule has 0 spiro atoms. The normalized spacial score (nSPS) is 11.9. The van der Waals surface area contributed by atoms with Gasteiger partial charge in [0.25, 0.3) is 5.91 Å². The minimum Gasteiger partial charge on any atom is -0.480 e. The third kappa shape index (κ3) is 4.43. The second-order valence-electron chi connectivity index (χ2n) is 4.80. The second-order valence-corrected chi connectivity index (χ2v) is 6.09. The molecular weight excluding hydrogens is 286 g/mol. The van der Waals surface area contributed by atoms with Crippen LogP contribution >= 0.6 is 11.3 Å². The van der Waals surface area contributed by atoms with E-state index in [4.69, 9.17) is 0 Å². The van der Waals surface area contributed by atoms with E-state index < -0.39 is 12.0 Å². The number of benzene rings is 1. The molecule has 0 saturated carbocycles. The van der Waals surface area contributed by atoms with Crippen LogP contribution in [-0.4, -0.2) is 23.0 Å². The average Bonchev–Trinajstić information content (AvgIpc) is 2.90. The topological polar surface area (TPSA) is 66.4 Å². The Morgan fingerprint density at radius 3 is 2.48 bits per heavy atom. The van der Waals surface area contributed by atoms with Crippen molar-refractivity contribution >= 4 is 23.2 Å². The average molecular weight is 303 g/mol. The largest absolute Gasteiger partial charge is 0.480 e. The van der Waals surface area contributed by atoms with Crippen molar-refractivity contribution in [3.8, 4) is 0 Å². The quantitative estimate of drug-likeness (QED) is 0.862. The molecular formula is C16H17NO3S. The van der Waals surface area contributed by atoms with Crippen LogP contribution in [0.1, 0.15) is 26.5 Å². The summed E-state index contributed by atoms with van der Waals surface area (Å²) in [7, 11) is 0. The Labute approximate surface area is 127 Å². The Bertz CT molecular complexity index is 621. The number of thiophene rings is 1. The fourth-order valence-corrected chi connectivity index (χ4v) is 2.77. The molecule has 2 N–H and O–H groups in total. The minimum atomic E-state index is -1.01. The van der Waals surface area contributed by atoms with Gasteiger partial charge in [-0.1, -0.05) is 30.3 Å². The van der Waals surface area contributed by atoms with Crippen LogP contribution in [-0.2, 0) is 11.2 Å². The first-order valence-corrected chi connectivity index (χ1v) is 7.52. The van der Waals surface area contributed by atoms with Gasteiger partial charge in [0.2, 0.25) is 0 Å². The Morgan fingerprint density at radius 2 is 1.90 bits per heavy atom. The van der Waals surface area contributed by atoms with Crippen LogP contribution in [0.3, 0.4) is 0 Å². The Morgan fingerprint density at radius 1 is 1.19 bits per heavy atom. The van der Waals surface area contributed by atoms with Gasteiger partial charge in [0.15, 0.2) is 0 Å². The van der Waals surface area contributed by atoms with Gasteiger partial charge >= 0.3 is 5.97 Å². The summed E-state index contributed by atoms with van der Waals surface area (Å²) in [5.74, 6) is -1.33. The number of carbonyl (C=O) groups is 2. The predicted molar refractivity (Wildman–Crippen MR) is 82.7 cm³/mol. The monoisotopic (exact) mass is 303 g/mol. The number of carboxylic acid groups (broad SMARTS) is 1. The summed E-state index contributed by atoms with van der Waals surface area (Å²) in [4.78, 5) is 24.9. The summed E-state index contributed by atoms with van der Waals surface area (Å²) < 4.78 is 0. The van der Waals surface area contributed by atoms with Gasteiger partial charge in [-0.05, 0) is 37.5 Å². The predicted octanol–water partition coefficient (Wildman–Crippen LogP) is 2.87. The van der Waals surface area contributed by atoms with Crippen LogP contribution in [0.15, 0.2) is 42.5 Å². The summed E-state index contributed by atoms with van der Waals surface area (Å²) in [6, 6.07) is 12.3. The maximum absolute atomic E-state index is 12.0. The molecule has 1 amide bonds. The summed E-state index contributed by atoms with van der Waals surface area (Å²) in [6.45, 7) is 1.91. The first-order valence-electron chi connectivity index (χ1n) is 6.70. The van der Waals surface area contributed by atoms with Crippen LogP contribution in [0.25, 0.3) is 0 Å². The standard InChI is InChI=1S/C16H17NO3S/c1-11-7-10-14(21-11)15(18)17-13(16(19)20)9-8-12-5-3-2-4-6-12/h2-7,10,13H,8-9H2,1H3,(H,17,18)(H,19,20). The second kappa shape index (κ2) is 7.04. The number of amides is 1. The first-order chi connectivity index (χ1) is 10.1. The third-order valence-electron chi connectivity index (χ3n) is 3.13. The summed E-state index contributed by atoms with van der Waals surface area (Å²) in [6.07, 6.45) is 0.983. The van der Waals surface area contributed by atoms with Crippen molar-refractivity contribution in [2.45, 2.75) is 25.8 Å². The van der Waals surface area contributed by atoms with Gasteiger partial charge in [-0.25, -0.2) is 4.79 Å². The number of hydrogen-bond donors (Lipinski definition) is 2. The summed E-state index contributed by atoms with van der Waals surface area (Å²) in [5.41, 5.74) is 1.06. The lowest BCUT2D eigenvalue weighted by atomic mass is 10.1. The molecule has 0 aliphatic heterocycles. The molecule has 4 nitrogen and oxygen atoms in total. The van der Waals surface area contributed by atoms with Crippen LogP contribution in [0.4, 0.5) is 0 Å². The maximum Gasteiger partial charge on any atom is 0.326 e. The van der Waals surface area contributed by atoms with Crippen LogP contribution in [0.2, 0.25) is 0 Å². The Hall–Kier alpha value is -2.14. The highest BCUT2D eigenvalue weighted by molar-refractivity contribution is 7.13. The highest BCUT2D eigenvalue weighted by Gasteiger charge is 2.21. The number of rotatable bonds is 6. The van der Waals surface area contributed by atoms with Gasteiger partial charge in [0.1, 0.15) is 6.04 Å². The molecule has 1 unspecified atom stereocenters. The van der Waals surface area contributed by atoms with Crippen molar-refractivity contribution in [2.75, 3.05) is 0 Å². The van der Waals surface area contributed by atoms with E-state index in [1.807, 2.05) is 43.3 Å². The number of hydrogen-bond acceptors (Lipinski definition) is 3. The van der Waals surface area contributed by atoms with Crippen LogP contribution in [0.5, 0.6) is 0 Å². The molecule has 0 fully saturated rings. The highest BCUT2D eigenvalue weighted by atomic mass is 32.1. The molecule has 110 valence electrons. The van der Waals surface area contributed by atoms with Crippen molar-refractivity contribution in [1.29, 1.82) is 0 Å². The van der Waals surface area contributed by atoms with Crippen molar-refractivity contribution in [1.82, 2.24) is 5.32 Å². The van der Waals surface area contributed by atoms with E-state index in [0.717, 1.165) is 10.4 Å². The van der Waals surface area contributed by atoms with Crippen LogP contribution < -0.4 is 5.32 Å². The molecule has 21 heavy (non-hydrogen) atoms. The fourth-order valence-electron chi connectivity index (χ4n) is 2.00. The molecule has 0 saturated heterocycles. The zero-order valence-corrected chi connectivity index (χ0v) is 12.5. The van der Waals surface area contributed by atoms with E-state index in [1.165, 1.54) is 11.3 Å². The molecule has 5 heteroatoms. The SMILES string of the molecule is Cc1ccc(C(=O)NC(CCc2ccccc2)C(=O)O)s1. The van der Waals surface area contributed by atoms with Gasteiger partial charge in [-0.15, -0.1) is 11.3 Å². The molecule has 0 radical (unpaired) electrons. The van der Waals surface area contributed by atoms with E-state index in [9.17, 15) is 14.7 Å². The number of aryl methyl sites for hydroxylation is 2. The van der Waals surface area contributed by atoms with E-state index >= 15 is 0 Å². The van der Waals surface area contributed by atoms with E-state index in [-0.39, 0.29) is 5.91 Å². The first kappa shape index (κ1) is 15.3. The van der Waals surface area contributed by atoms with E-state index in [2.05, 4.69) is 5.32 Å².